The lowest BCUT2D eigenvalue weighted by Gasteiger charge is -2.35. The highest BCUT2D eigenvalue weighted by Crippen LogP contribution is 2.30. The van der Waals surface area contributed by atoms with Crippen molar-refractivity contribution < 1.29 is 5.11 Å². The number of piperidine rings is 1. The third-order valence-electron chi connectivity index (χ3n) is 3.88. The standard InChI is InChI=1S/C14H20BrNO/c1-10-6-7-16(8-11(10)2)9-12-4-3-5-13(15)14(12)17/h3-5,10-11,17H,6-9H2,1-2H3. The Bertz CT molecular complexity index is 394. The van der Waals surface area contributed by atoms with Gasteiger partial charge in [0.25, 0.3) is 0 Å². The van der Waals surface area contributed by atoms with Gasteiger partial charge in [-0.2, -0.15) is 0 Å². The van der Waals surface area contributed by atoms with Gasteiger partial charge in [0.15, 0.2) is 0 Å². The van der Waals surface area contributed by atoms with Gasteiger partial charge in [-0.25, -0.2) is 0 Å². The quantitative estimate of drug-likeness (QED) is 0.901. The number of hydrogen-bond acceptors (Lipinski definition) is 2. The lowest BCUT2D eigenvalue weighted by molar-refractivity contribution is 0.131. The number of aromatic hydroxyl groups is 1. The van der Waals surface area contributed by atoms with Crippen molar-refractivity contribution in [1.29, 1.82) is 0 Å². The fourth-order valence-corrected chi connectivity index (χ4v) is 2.83. The van der Waals surface area contributed by atoms with Crippen LogP contribution in [0.3, 0.4) is 0 Å². The molecule has 0 radical (unpaired) electrons. The molecule has 94 valence electrons. The molecule has 1 fully saturated rings. The van der Waals surface area contributed by atoms with Crippen LogP contribution in [0.5, 0.6) is 5.75 Å². The van der Waals surface area contributed by atoms with E-state index in [0.717, 1.165) is 41.5 Å². The van der Waals surface area contributed by atoms with E-state index in [2.05, 4.69) is 34.7 Å². The molecule has 0 saturated carbocycles. The van der Waals surface area contributed by atoms with Crippen molar-refractivity contribution in [3.63, 3.8) is 0 Å². The van der Waals surface area contributed by atoms with Gasteiger partial charge in [-0.3, -0.25) is 4.90 Å². The van der Waals surface area contributed by atoms with Crippen LogP contribution in [0.4, 0.5) is 0 Å². The van der Waals surface area contributed by atoms with Gasteiger partial charge < -0.3 is 5.11 Å². The van der Waals surface area contributed by atoms with Crippen LogP contribution in [0.15, 0.2) is 22.7 Å². The van der Waals surface area contributed by atoms with Gasteiger partial charge in [0.2, 0.25) is 0 Å². The fourth-order valence-electron chi connectivity index (χ4n) is 2.42. The molecule has 2 rings (SSSR count). The average Bonchev–Trinajstić information content (AvgIpc) is 2.30. The number of halogens is 1. The highest BCUT2D eigenvalue weighted by molar-refractivity contribution is 9.10. The predicted molar refractivity (Wildman–Crippen MR) is 74.0 cm³/mol. The molecule has 2 nitrogen and oxygen atoms in total. The molecular formula is C14H20BrNO. The first-order chi connectivity index (χ1) is 8.08. The molecule has 1 aliphatic rings. The Hall–Kier alpha value is -0.540. The number of hydrogen-bond donors (Lipinski definition) is 1. The molecule has 0 aliphatic carbocycles. The average molecular weight is 298 g/mol. The molecular weight excluding hydrogens is 278 g/mol. The summed E-state index contributed by atoms with van der Waals surface area (Å²) in [5, 5.41) is 9.97. The molecule has 17 heavy (non-hydrogen) atoms. The molecule has 1 aliphatic heterocycles. The van der Waals surface area contributed by atoms with Crippen LogP contribution in [-0.4, -0.2) is 23.1 Å². The van der Waals surface area contributed by atoms with E-state index in [1.54, 1.807) is 0 Å². The zero-order chi connectivity index (χ0) is 12.4. The zero-order valence-corrected chi connectivity index (χ0v) is 12.1. The van der Waals surface area contributed by atoms with Crippen molar-refractivity contribution in [2.24, 2.45) is 11.8 Å². The molecule has 0 aromatic heterocycles. The van der Waals surface area contributed by atoms with Crippen molar-refractivity contribution in [1.82, 2.24) is 4.90 Å². The van der Waals surface area contributed by atoms with Gasteiger partial charge in [0, 0.05) is 18.7 Å². The second kappa shape index (κ2) is 5.40. The second-order valence-corrected chi connectivity index (χ2v) is 6.08. The predicted octanol–water partition coefficient (Wildman–Crippen LogP) is 3.63. The van der Waals surface area contributed by atoms with Crippen molar-refractivity contribution in [3.8, 4) is 5.75 Å². The van der Waals surface area contributed by atoms with Gasteiger partial charge in [-0.15, -0.1) is 0 Å². The van der Waals surface area contributed by atoms with Crippen LogP contribution in [0.1, 0.15) is 25.8 Å². The number of phenols is 1. The maximum Gasteiger partial charge on any atom is 0.134 e. The van der Waals surface area contributed by atoms with Crippen molar-refractivity contribution in [2.75, 3.05) is 13.1 Å². The monoisotopic (exact) mass is 297 g/mol. The Morgan fingerprint density at radius 2 is 2.12 bits per heavy atom. The van der Waals surface area contributed by atoms with E-state index in [-0.39, 0.29) is 0 Å². The fraction of sp³-hybridized carbons (Fsp3) is 0.571. The number of rotatable bonds is 2. The van der Waals surface area contributed by atoms with Crippen molar-refractivity contribution in [2.45, 2.75) is 26.8 Å². The van der Waals surface area contributed by atoms with Crippen LogP contribution in [0.2, 0.25) is 0 Å². The summed E-state index contributed by atoms with van der Waals surface area (Å²) in [5.74, 6) is 1.96. The van der Waals surface area contributed by atoms with E-state index in [1.165, 1.54) is 6.42 Å². The number of benzene rings is 1. The van der Waals surface area contributed by atoms with Crippen LogP contribution in [0, 0.1) is 11.8 Å². The summed E-state index contributed by atoms with van der Waals surface area (Å²) < 4.78 is 0.786. The van der Waals surface area contributed by atoms with Gasteiger partial charge in [0.05, 0.1) is 4.47 Å². The molecule has 1 aromatic carbocycles. The van der Waals surface area contributed by atoms with Crippen LogP contribution in [-0.2, 0) is 6.54 Å². The summed E-state index contributed by atoms with van der Waals surface area (Å²) in [6.45, 7) is 7.77. The van der Waals surface area contributed by atoms with Gasteiger partial charge >= 0.3 is 0 Å². The minimum Gasteiger partial charge on any atom is -0.506 e. The number of likely N-dealkylation sites (tertiary alicyclic amines) is 1. The minimum atomic E-state index is 0.388. The second-order valence-electron chi connectivity index (χ2n) is 5.23. The molecule has 0 spiro atoms. The third-order valence-corrected chi connectivity index (χ3v) is 4.52. The Morgan fingerprint density at radius 3 is 2.82 bits per heavy atom. The van der Waals surface area contributed by atoms with E-state index >= 15 is 0 Å². The van der Waals surface area contributed by atoms with E-state index in [0.29, 0.717) is 5.75 Å². The summed E-state index contributed by atoms with van der Waals surface area (Å²) in [5.41, 5.74) is 1.01. The molecule has 0 bridgehead atoms. The molecule has 1 N–H and O–H groups in total. The van der Waals surface area contributed by atoms with Crippen LogP contribution >= 0.6 is 15.9 Å². The van der Waals surface area contributed by atoms with Gasteiger partial charge in [0.1, 0.15) is 5.75 Å². The summed E-state index contributed by atoms with van der Waals surface area (Å²) in [7, 11) is 0. The van der Waals surface area contributed by atoms with Gasteiger partial charge in [-0.05, 0) is 46.8 Å². The van der Waals surface area contributed by atoms with Crippen molar-refractivity contribution in [3.05, 3.63) is 28.2 Å². The summed E-state index contributed by atoms with van der Waals surface area (Å²) >= 11 is 3.36. The first-order valence-electron chi connectivity index (χ1n) is 6.26. The summed E-state index contributed by atoms with van der Waals surface area (Å²) in [4.78, 5) is 2.44. The van der Waals surface area contributed by atoms with E-state index in [9.17, 15) is 5.11 Å². The van der Waals surface area contributed by atoms with Gasteiger partial charge in [-0.1, -0.05) is 26.0 Å². The largest absolute Gasteiger partial charge is 0.506 e. The number of nitrogens with zero attached hydrogens (tertiary/aromatic N) is 1. The topological polar surface area (TPSA) is 23.5 Å². The SMILES string of the molecule is CC1CCN(Cc2cccc(Br)c2O)CC1C. The molecule has 1 aromatic rings. The molecule has 0 amide bonds. The van der Waals surface area contributed by atoms with Crippen molar-refractivity contribution >= 4 is 15.9 Å². The maximum atomic E-state index is 9.97. The first-order valence-corrected chi connectivity index (χ1v) is 7.06. The molecule has 1 heterocycles. The zero-order valence-electron chi connectivity index (χ0n) is 10.5. The smallest absolute Gasteiger partial charge is 0.134 e. The number of phenolic OH excluding ortho intramolecular Hbond substituents is 1. The highest BCUT2D eigenvalue weighted by Gasteiger charge is 2.23. The lowest BCUT2D eigenvalue weighted by Crippen LogP contribution is -2.37. The highest BCUT2D eigenvalue weighted by atomic mass is 79.9. The van der Waals surface area contributed by atoms with Crippen LogP contribution in [0.25, 0.3) is 0 Å². The summed E-state index contributed by atoms with van der Waals surface area (Å²) in [6.07, 6.45) is 1.26. The summed E-state index contributed by atoms with van der Waals surface area (Å²) in [6, 6.07) is 5.86. The molecule has 1 saturated heterocycles. The maximum absolute atomic E-state index is 9.97. The van der Waals surface area contributed by atoms with E-state index in [4.69, 9.17) is 0 Å². The third kappa shape index (κ3) is 3.02. The normalized spacial score (nSPS) is 26.1. The van der Waals surface area contributed by atoms with Crippen LogP contribution < -0.4 is 0 Å². The Labute approximate surface area is 112 Å². The molecule has 2 atom stereocenters. The van der Waals surface area contributed by atoms with E-state index < -0.39 is 0 Å². The first kappa shape index (κ1) is 12.9. The van der Waals surface area contributed by atoms with E-state index in [1.807, 2.05) is 18.2 Å². The Kier molecular flexibility index (Phi) is 4.10. The minimum absolute atomic E-state index is 0.388. The Balaban J connectivity index is 2.04. The molecule has 3 heteroatoms. The number of para-hydroxylation sites is 1. The lowest BCUT2D eigenvalue weighted by atomic mass is 9.88. The molecule has 2 unspecified atom stereocenters. The Morgan fingerprint density at radius 1 is 1.35 bits per heavy atom.